The van der Waals surface area contributed by atoms with Crippen LogP contribution in [0.3, 0.4) is 0 Å². The number of rotatable bonds is 2. The molecule has 0 unspecified atom stereocenters. The zero-order valence-electron chi connectivity index (χ0n) is 10.4. The topological polar surface area (TPSA) is 0 Å². The van der Waals surface area contributed by atoms with Crippen molar-refractivity contribution < 1.29 is 0 Å². The summed E-state index contributed by atoms with van der Waals surface area (Å²) in [6.07, 6.45) is 0. The van der Waals surface area contributed by atoms with Crippen LogP contribution in [0.25, 0.3) is 22.3 Å². The Bertz CT molecular complexity index is 652. The Hall–Kier alpha value is -2.12. The first-order valence-electron chi connectivity index (χ1n) is 6.26. The Morgan fingerprint density at radius 3 is 1.26 bits per heavy atom. The minimum Gasteiger partial charge on any atom is -0.0801 e. The fourth-order valence-electron chi connectivity index (χ4n) is 2.13. The van der Waals surface area contributed by atoms with Crippen LogP contribution in [-0.2, 0) is 0 Å². The summed E-state index contributed by atoms with van der Waals surface area (Å²) >= 11 is 5.11. The molecule has 0 nitrogen and oxygen atoms in total. The first-order chi connectivity index (χ1) is 9.33. The van der Waals surface area contributed by atoms with Crippen molar-refractivity contribution in [1.29, 1.82) is 0 Å². The maximum Gasteiger partial charge on any atom is 0.0377 e. The zero-order chi connectivity index (χ0) is 13.1. The van der Waals surface area contributed by atoms with Crippen LogP contribution in [0.4, 0.5) is 0 Å². The largest absolute Gasteiger partial charge is 0.0801 e. The molecule has 0 aliphatic carbocycles. The normalized spacial score (nSPS) is 10.3. The lowest BCUT2D eigenvalue weighted by Gasteiger charge is -2.05. The predicted octanol–water partition coefficient (Wildman–Crippen LogP) is 5.58. The Balaban J connectivity index is 1.93. The second-order valence-electron chi connectivity index (χ2n) is 4.47. The van der Waals surface area contributed by atoms with E-state index in [-0.39, 0.29) is 0 Å². The quantitative estimate of drug-likeness (QED) is 0.565. The van der Waals surface area contributed by atoms with Crippen LogP contribution in [0.2, 0.25) is 0 Å². The summed E-state index contributed by atoms with van der Waals surface area (Å²) in [5, 5.41) is 0. The molecule has 0 heterocycles. The molecule has 0 saturated carbocycles. The van der Waals surface area contributed by atoms with E-state index in [2.05, 4.69) is 60.7 Å². The van der Waals surface area contributed by atoms with Crippen molar-refractivity contribution in [3.8, 4) is 22.3 Å². The van der Waals surface area contributed by atoms with Crippen molar-refractivity contribution in [1.82, 2.24) is 0 Å². The minimum absolute atomic E-state index is 0.879. The number of benzene rings is 3. The molecule has 0 aliphatic heterocycles. The molecule has 0 spiro atoms. The molecule has 1 radical (unpaired) electrons. The Morgan fingerprint density at radius 2 is 0.789 bits per heavy atom. The Labute approximate surface area is 119 Å². The van der Waals surface area contributed by atoms with Crippen LogP contribution < -0.4 is 0 Å². The molecule has 0 saturated heterocycles. The molecule has 3 aromatic rings. The minimum atomic E-state index is 0.879. The highest BCUT2D eigenvalue weighted by Gasteiger charge is 1.99. The van der Waals surface area contributed by atoms with Gasteiger partial charge in [-0.25, -0.2) is 0 Å². The second kappa shape index (κ2) is 5.25. The molecule has 0 fully saturated rings. The van der Waals surface area contributed by atoms with E-state index >= 15 is 0 Å². The SMILES string of the molecule is [S]c1ccc(-c2ccc(-c3ccccc3)cc2)cc1. The maximum absolute atomic E-state index is 5.11. The summed E-state index contributed by atoms with van der Waals surface area (Å²) in [6, 6.07) is 27.1. The van der Waals surface area contributed by atoms with Crippen LogP contribution in [0.1, 0.15) is 0 Å². The molecule has 0 aromatic heterocycles. The van der Waals surface area contributed by atoms with Gasteiger partial charge in [0.05, 0.1) is 0 Å². The lowest BCUT2D eigenvalue weighted by molar-refractivity contribution is 1.47. The molecule has 3 aromatic carbocycles. The molecule has 0 aliphatic rings. The van der Waals surface area contributed by atoms with Gasteiger partial charge in [0.15, 0.2) is 0 Å². The van der Waals surface area contributed by atoms with Crippen LogP contribution in [0.15, 0.2) is 83.8 Å². The van der Waals surface area contributed by atoms with Gasteiger partial charge in [-0.05, 0) is 34.4 Å². The second-order valence-corrected chi connectivity index (χ2v) is 4.94. The van der Waals surface area contributed by atoms with Crippen LogP contribution >= 0.6 is 12.6 Å². The van der Waals surface area contributed by atoms with Crippen LogP contribution in [0, 0.1) is 0 Å². The first-order valence-corrected chi connectivity index (χ1v) is 6.67. The average molecular weight is 261 g/mol. The third kappa shape index (κ3) is 2.67. The van der Waals surface area contributed by atoms with Gasteiger partial charge in [-0.15, -0.1) is 0 Å². The molecule has 91 valence electrons. The summed E-state index contributed by atoms with van der Waals surface area (Å²) in [7, 11) is 0. The Kier molecular flexibility index (Phi) is 3.30. The Morgan fingerprint density at radius 1 is 0.421 bits per heavy atom. The smallest absolute Gasteiger partial charge is 0.0377 e. The summed E-state index contributed by atoms with van der Waals surface area (Å²) in [5.74, 6) is 0. The van der Waals surface area contributed by atoms with Crippen molar-refractivity contribution in [3.05, 3.63) is 78.9 Å². The molecule has 0 N–H and O–H groups in total. The average Bonchev–Trinajstić information content (AvgIpc) is 2.49. The van der Waals surface area contributed by atoms with E-state index in [1.165, 1.54) is 22.3 Å². The van der Waals surface area contributed by atoms with Gasteiger partial charge < -0.3 is 0 Å². The first kappa shape index (κ1) is 11.9. The van der Waals surface area contributed by atoms with Gasteiger partial charge in [-0.1, -0.05) is 79.4 Å². The lowest BCUT2D eigenvalue weighted by Crippen LogP contribution is -1.80. The fourth-order valence-corrected chi connectivity index (χ4v) is 2.27. The van der Waals surface area contributed by atoms with Crippen molar-refractivity contribution >= 4 is 12.6 Å². The van der Waals surface area contributed by atoms with E-state index in [1.54, 1.807) is 0 Å². The molecular formula is C18H13S. The lowest BCUT2D eigenvalue weighted by atomic mass is 10.0. The van der Waals surface area contributed by atoms with Crippen molar-refractivity contribution in [2.24, 2.45) is 0 Å². The van der Waals surface area contributed by atoms with Gasteiger partial charge in [0.2, 0.25) is 0 Å². The molecule has 0 amide bonds. The van der Waals surface area contributed by atoms with E-state index in [4.69, 9.17) is 12.6 Å². The van der Waals surface area contributed by atoms with Crippen molar-refractivity contribution in [2.75, 3.05) is 0 Å². The molecule has 0 bridgehead atoms. The maximum atomic E-state index is 5.11. The van der Waals surface area contributed by atoms with Gasteiger partial charge in [0.25, 0.3) is 0 Å². The summed E-state index contributed by atoms with van der Waals surface area (Å²) in [5.41, 5.74) is 4.90. The van der Waals surface area contributed by atoms with Crippen molar-refractivity contribution in [3.63, 3.8) is 0 Å². The zero-order valence-corrected chi connectivity index (χ0v) is 11.2. The molecular weight excluding hydrogens is 248 g/mol. The highest BCUT2D eigenvalue weighted by atomic mass is 32.1. The summed E-state index contributed by atoms with van der Waals surface area (Å²) < 4.78 is 0. The molecule has 19 heavy (non-hydrogen) atoms. The van der Waals surface area contributed by atoms with Crippen LogP contribution in [-0.4, -0.2) is 0 Å². The molecule has 3 rings (SSSR count). The third-order valence-corrected chi connectivity index (χ3v) is 3.45. The summed E-state index contributed by atoms with van der Waals surface area (Å²) in [6.45, 7) is 0. The van der Waals surface area contributed by atoms with Gasteiger partial charge >= 0.3 is 0 Å². The van der Waals surface area contributed by atoms with E-state index < -0.39 is 0 Å². The van der Waals surface area contributed by atoms with Gasteiger partial charge in [-0.2, -0.15) is 0 Å². The van der Waals surface area contributed by atoms with Gasteiger partial charge in [-0.3, -0.25) is 0 Å². The standard InChI is InChI=1S/C18H13S/c19-18-12-10-17(11-13-18)16-8-6-15(7-9-16)14-4-2-1-3-5-14/h1-13H. The van der Waals surface area contributed by atoms with E-state index in [0.717, 1.165) is 4.90 Å². The third-order valence-electron chi connectivity index (χ3n) is 3.18. The number of hydrogen-bond acceptors (Lipinski definition) is 0. The monoisotopic (exact) mass is 261 g/mol. The highest BCUT2D eigenvalue weighted by molar-refractivity contribution is 7.80. The van der Waals surface area contributed by atoms with Crippen LogP contribution in [0.5, 0.6) is 0 Å². The predicted molar refractivity (Wildman–Crippen MR) is 83.2 cm³/mol. The van der Waals surface area contributed by atoms with Gasteiger partial charge in [0.1, 0.15) is 0 Å². The summed E-state index contributed by atoms with van der Waals surface area (Å²) in [4.78, 5) is 0.879. The molecule has 1 heteroatoms. The van der Waals surface area contributed by atoms with Crippen molar-refractivity contribution in [2.45, 2.75) is 4.90 Å². The van der Waals surface area contributed by atoms with Gasteiger partial charge in [0, 0.05) is 4.90 Å². The van der Waals surface area contributed by atoms with E-state index in [1.807, 2.05) is 18.2 Å². The van der Waals surface area contributed by atoms with E-state index in [0.29, 0.717) is 0 Å². The highest BCUT2D eigenvalue weighted by Crippen LogP contribution is 2.25. The number of hydrogen-bond donors (Lipinski definition) is 0. The fraction of sp³-hybridized carbons (Fsp3) is 0. The van der Waals surface area contributed by atoms with E-state index in [9.17, 15) is 0 Å². The molecule has 0 atom stereocenters.